The zero-order valence-corrected chi connectivity index (χ0v) is 6.94. The van der Waals surface area contributed by atoms with Crippen LogP contribution in [0.1, 0.15) is 0 Å². The van der Waals surface area contributed by atoms with Crippen LogP contribution in [-0.2, 0) is 17.1 Å². The molecule has 0 atom stereocenters. The molecule has 0 heterocycles. The van der Waals surface area contributed by atoms with Crippen LogP contribution >= 0.6 is 0 Å². The first-order chi connectivity index (χ1) is 3.71. The zero-order chi connectivity index (χ0) is 7.71. The monoisotopic (exact) mass is 202 g/mol. The maximum atomic E-state index is 10.9. The fourth-order valence-electron chi connectivity index (χ4n) is 0.227. The molecule has 0 aromatic carbocycles. The van der Waals surface area contributed by atoms with Crippen molar-refractivity contribution in [2.75, 3.05) is 0 Å². The van der Waals surface area contributed by atoms with Crippen molar-refractivity contribution >= 4 is 0 Å². The molecular formula is C2F6Zn. The van der Waals surface area contributed by atoms with Gasteiger partial charge < -0.3 is 0 Å². The first-order valence-corrected chi connectivity index (χ1v) is 4.81. The van der Waals surface area contributed by atoms with Crippen LogP contribution in [0.3, 0.4) is 0 Å². The maximum absolute atomic E-state index is 10.9. The van der Waals surface area contributed by atoms with Gasteiger partial charge >= 0.3 is 53.0 Å². The predicted molar refractivity (Wildman–Crippen MR) is 12.1 cm³/mol. The minimum absolute atomic E-state index is 4.33. The zero-order valence-electron chi connectivity index (χ0n) is 3.97. The number of rotatable bonds is 0. The third-order valence-electron chi connectivity index (χ3n) is 0.401. The molecule has 0 saturated carbocycles. The second-order valence-electron chi connectivity index (χ2n) is 1.41. The van der Waals surface area contributed by atoms with E-state index in [-0.39, 0.29) is 0 Å². The Morgan fingerprint density at radius 1 is 0.667 bits per heavy atom. The van der Waals surface area contributed by atoms with E-state index >= 15 is 0 Å². The Balaban J connectivity index is 3.75. The molecule has 0 aromatic rings. The van der Waals surface area contributed by atoms with Crippen LogP contribution in [0.15, 0.2) is 0 Å². The van der Waals surface area contributed by atoms with E-state index in [9.17, 15) is 26.3 Å². The van der Waals surface area contributed by atoms with Crippen LogP contribution in [0.5, 0.6) is 0 Å². The summed E-state index contributed by atoms with van der Waals surface area (Å²) in [6, 6.07) is 0. The second-order valence-corrected chi connectivity index (χ2v) is 5.51. The Morgan fingerprint density at radius 2 is 0.889 bits per heavy atom. The van der Waals surface area contributed by atoms with Crippen LogP contribution in [0.4, 0.5) is 26.3 Å². The summed E-state index contributed by atoms with van der Waals surface area (Å²) in [5.74, 6) is 0. The summed E-state index contributed by atoms with van der Waals surface area (Å²) >= 11 is -4.33. The van der Waals surface area contributed by atoms with Gasteiger partial charge in [-0.25, -0.2) is 0 Å². The molecule has 0 spiro atoms. The van der Waals surface area contributed by atoms with Crippen molar-refractivity contribution in [3.05, 3.63) is 0 Å². The Bertz CT molecular complexity index is 76.2. The molecule has 0 radical (unpaired) electrons. The Hall–Kier alpha value is 0.203. The molecule has 0 unspecified atom stereocenters. The Kier molecular flexibility index (Phi) is 2.50. The van der Waals surface area contributed by atoms with Crippen molar-refractivity contribution in [3.8, 4) is 0 Å². The van der Waals surface area contributed by atoms with Crippen molar-refractivity contribution in [1.29, 1.82) is 0 Å². The average Bonchev–Trinajstić information content (AvgIpc) is 1.14. The van der Waals surface area contributed by atoms with Crippen LogP contribution in [0.2, 0.25) is 0 Å². The molecule has 0 aromatic heterocycles. The summed E-state index contributed by atoms with van der Waals surface area (Å²) < 4.78 is 55.6. The van der Waals surface area contributed by atoms with Gasteiger partial charge in [0.2, 0.25) is 0 Å². The fraction of sp³-hybridized carbons (Fsp3) is 1.00. The molecule has 0 bridgehead atoms. The van der Waals surface area contributed by atoms with Crippen molar-refractivity contribution in [3.63, 3.8) is 0 Å². The van der Waals surface area contributed by atoms with Gasteiger partial charge in [-0.05, 0) is 0 Å². The van der Waals surface area contributed by atoms with Crippen LogP contribution in [0.25, 0.3) is 0 Å². The average molecular weight is 203 g/mol. The quantitative estimate of drug-likeness (QED) is 0.418. The van der Waals surface area contributed by atoms with E-state index in [1.165, 1.54) is 0 Å². The van der Waals surface area contributed by atoms with Crippen LogP contribution in [0, 0.1) is 0 Å². The molecular weight excluding hydrogens is 203 g/mol. The number of hydrogen-bond acceptors (Lipinski definition) is 0. The Morgan fingerprint density at radius 3 is 0.889 bits per heavy atom. The molecule has 0 N–H and O–H groups in total. The molecule has 0 amide bonds. The summed E-state index contributed by atoms with van der Waals surface area (Å²) in [5, 5.41) is 0. The van der Waals surface area contributed by atoms with Crippen LogP contribution < -0.4 is 0 Å². The van der Waals surface area contributed by atoms with E-state index in [4.69, 9.17) is 0 Å². The molecule has 0 nitrogen and oxygen atoms in total. The van der Waals surface area contributed by atoms with Gasteiger partial charge in [0, 0.05) is 0 Å². The van der Waals surface area contributed by atoms with Crippen molar-refractivity contribution in [2.45, 2.75) is 9.54 Å². The topological polar surface area (TPSA) is 0 Å². The predicted octanol–water partition coefficient (Wildman–Crippen LogP) is 2.11. The molecule has 0 rings (SSSR count). The van der Waals surface area contributed by atoms with Gasteiger partial charge in [-0.1, -0.05) is 0 Å². The third-order valence-corrected chi connectivity index (χ3v) is 2.08. The van der Waals surface area contributed by atoms with Gasteiger partial charge in [-0.2, -0.15) is 0 Å². The van der Waals surface area contributed by atoms with Gasteiger partial charge in [0.25, 0.3) is 0 Å². The van der Waals surface area contributed by atoms with E-state index < -0.39 is 26.7 Å². The molecule has 0 aliphatic carbocycles. The standard InChI is InChI=1S/2CF3.Zn/c2*2-1(3)4;. The SMILES string of the molecule is F[C](F)(F)[Zn][C](F)(F)F. The van der Waals surface area contributed by atoms with Gasteiger partial charge in [-0.3, -0.25) is 0 Å². The van der Waals surface area contributed by atoms with E-state index in [2.05, 4.69) is 0 Å². The molecule has 0 fully saturated rings. The van der Waals surface area contributed by atoms with E-state index in [0.717, 1.165) is 0 Å². The van der Waals surface area contributed by atoms with Crippen LogP contribution in [-0.4, -0.2) is 9.54 Å². The van der Waals surface area contributed by atoms with E-state index in [1.807, 2.05) is 0 Å². The Labute approximate surface area is 53.8 Å². The molecule has 7 heteroatoms. The first kappa shape index (κ1) is 9.20. The summed E-state index contributed by atoms with van der Waals surface area (Å²) in [5.41, 5.74) is 0. The normalized spacial score (nSPS) is 13.1. The number of hydrogen-bond donors (Lipinski definition) is 0. The summed E-state index contributed by atoms with van der Waals surface area (Å²) in [6.07, 6.45) is 0. The second kappa shape index (κ2) is 2.44. The third kappa shape index (κ3) is 8.20. The van der Waals surface area contributed by atoms with Crippen molar-refractivity contribution in [2.24, 2.45) is 0 Å². The van der Waals surface area contributed by atoms with Gasteiger partial charge in [-0.15, -0.1) is 0 Å². The number of halogens is 6. The van der Waals surface area contributed by atoms with E-state index in [1.54, 1.807) is 0 Å². The van der Waals surface area contributed by atoms with Gasteiger partial charge in [0.05, 0.1) is 0 Å². The van der Waals surface area contributed by atoms with Crippen molar-refractivity contribution in [1.82, 2.24) is 0 Å². The molecule has 0 saturated heterocycles. The van der Waals surface area contributed by atoms with Gasteiger partial charge in [0.1, 0.15) is 0 Å². The summed E-state index contributed by atoms with van der Waals surface area (Å²) in [7, 11) is 0. The molecule has 0 aliphatic rings. The number of alkyl halides is 6. The molecule has 9 heavy (non-hydrogen) atoms. The van der Waals surface area contributed by atoms with Crippen molar-refractivity contribution < 1.29 is 43.5 Å². The first-order valence-electron chi connectivity index (χ1n) is 1.84. The molecule has 0 aliphatic heterocycles. The summed E-state index contributed by atoms with van der Waals surface area (Å²) in [4.78, 5) is 0. The van der Waals surface area contributed by atoms with E-state index in [0.29, 0.717) is 0 Å². The summed E-state index contributed by atoms with van der Waals surface area (Å²) in [6.45, 7) is 0. The van der Waals surface area contributed by atoms with Gasteiger partial charge in [0.15, 0.2) is 0 Å². The fourth-order valence-corrected chi connectivity index (χ4v) is 1.18. The minimum atomic E-state index is -4.95. The molecule has 52 valence electrons.